The quantitative estimate of drug-likeness (QED) is 0.627. The molecule has 0 spiro atoms. The van der Waals surface area contributed by atoms with Crippen LogP contribution in [-0.4, -0.2) is 63.9 Å². The number of morpholine rings is 1. The lowest BCUT2D eigenvalue weighted by Crippen LogP contribution is -2.57. The van der Waals surface area contributed by atoms with Crippen molar-refractivity contribution in [3.8, 4) is 22.9 Å². The van der Waals surface area contributed by atoms with E-state index in [1.54, 1.807) is 16.8 Å². The molecule has 6 rings (SSSR count). The zero-order chi connectivity index (χ0) is 23.2. The molecule has 2 bridgehead atoms. The average molecular weight is 459 g/mol. The number of pyridine rings is 2. The molecule has 3 aliphatic rings. The number of aromatic nitrogens is 3. The first-order chi connectivity index (χ1) is 16.6. The van der Waals surface area contributed by atoms with Gasteiger partial charge in [0.2, 0.25) is 5.91 Å². The van der Waals surface area contributed by atoms with E-state index in [-0.39, 0.29) is 17.9 Å². The number of nitriles is 1. The number of rotatable bonds is 5. The summed E-state index contributed by atoms with van der Waals surface area (Å²) in [5, 5.41) is 16.8. The van der Waals surface area contributed by atoms with E-state index in [0.29, 0.717) is 29.3 Å². The Bertz CT molecular complexity index is 1280. The highest BCUT2D eigenvalue weighted by Crippen LogP contribution is 2.35. The van der Waals surface area contributed by atoms with Gasteiger partial charge in [-0.2, -0.15) is 10.4 Å². The van der Waals surface area contributed by atoms with Gasteiger partial charge in [0.25, 0.3) is 0 Å². The lowest BCUT2D eigenvalue weighted by molar-refractivity contribution is -0.117. The Morgan fingerprint density at radius 3 is 2.76 bits per heavy atom. The maximum Gasteiger partial charge on any atom is 0.228 e. The summed E-state index contributed by atoms with van der Waals surface area (Å²) in [4.78, 5) is 18.8. The van der Waals surface area contributed by atoms with Crippen LogP contribution in [0, 0.1) is 17.2 Å². The van der Waals surface area contributed by atoms with E-state index in [4.69, 9.17) is 9.47 Å². The zero-order valence-corrected chi connectivity index (χ0v) is 19.0. The number of likely N-dealkylation sites (N-methyl/N-ethyl adjacent to an activating group) is 1. The molecule has 1 aliphatic carbocycles. The van der Waals surface area contributed by atoms with Gasteiger partial charge in [0, 0.05) is 48.7 Å². The van der Waals surface area contributed by atoms with Crippen LogP contribution < -0.4 is 10.1 Å². The molecular weight excluding hydrogens is 432 g/mol. The Labute approximate surface area is 197 Å². The Hall–Kier alpha value is -3.48. The first kappa shape index (κ1) is 21.1. The van der Waals surface area contributed by atoms with Gasteiger partial charge in [-0.3, -0.25) is 9.69 Å². The van der Waals surface area contributed by atoms with Crippen molar-refractivity contribution in [1.29, 1.82) is 5.26 Å². The van der Waals surface area contributed by atoms with Crippen LogP contribution >= 0.6 is 0 Å². The fourth-order valence-electron chi connectivity index (χ4n) is 4.94. The van der Waals surface area contributed by atoms with Crippen LogP contribution in [0.5, 0.6) is 5.75 Å². The molecular formula is C25H26N6O3. The van der Waals surface area contributed by atoms with E-state index in [0.717, 1.165) is 55.5 Å². The minimum Gasteiger partial charge on any atom is -0.488 e. The molecule has 2 atom stereocenters. The van der Waals surface area contributed by atoms with Crippen LogP contribution in [0.15, 0.2) is 36.7 Å². The number of carbonyl (C=O) groups is 1. The Morgan fingerprint density at radius 2 is 2.03 bits per heavy atom. The van der Waals surface area contributed by atoms with Crippen LogP contribution in [0.2, 0.25) is 0 Å². The molecule has 174 valence electrons. The fraction of sp³-hybridized carbons (Fsp3) is 0.440. The maximum absolute atomic E-state index is 12.1. The van der Waals surface area contributed by atoms with Gasteiger partial charge < -0.3 is 14.8 Å². The highest BCUT2D eigenvalue weighted by atomic mass is 16.5. The number of hydrogen-bond acceptors (Lipinski definition) is 7. The molecule has 2 saturated heterocycles. The maximum atomic E-state index is 12.1. The van der Waals surface area contributed by atoms with E-state index < -0.39 is 0 Å². The molecule has 1 amide bonds. The van der Waals surface area contributed by atoms with Gasteiger partial charge in [-0.1, -0.05) is 0 Å². The number of hydrogen-bond donors (Lipinski definition) is 1. The number of piperidine rings is 1. The van der Waals surface area contributed by atoms with E-state index in [9.17, 15) is 10.1 Å². The zero-order valence-electron chi connectivity index (χ0n) is 19.0. The normalized spacial score (nSPS) is 24.5. The molecule has 0 aromatic carbocycles. The summed E-state index contributed by atoms with van der Waals surface area (Å²) in [6, 6.07) is 10.4. The van der Waals surface area contributed by atoms with Crippen LogP contribution in [0.3, 0.4) is 0 Å². The highest BCUT2D eigenvalue weighted by Gasteiger charge is 2.38. The third-order valence-electron chi connectivity index (χ3n) is 7.09. The summed E-state index contributed by atoms with van der Waals surface area (Å²) in [5.41, 5.74) is 2.90. The van der Waals surface area contributed by atoms with E-state index in [2.05, 4.69) is 33.4 Å². The van der Waals surface area contributed by atoms with Crippen molar-refractivity contribution in [2.45, 2.75) is 43.9 Å². The minimum absolute atomic E-state index is 0.0282. The number of anilines is 1. The van der Waals surface area contributed by atoms with Crippen LogP contribution in [-0.2, 0) is 9.53 Å². The number of amides is 1. The molecule has 3 aromatic heterocycles. The summed E-state index contributed by atoms with van der Waals surface area (Å²) in [6.07, 6.45) is 7.23. The SMILES string of the molecule is CN1C2COCC1CC(Oc1cnc(C#N)cc1-c1ccn3nc(NC(=O)C4CC4)cc3c1)C2. The van der Waals surface area contributed by atoms with Crippen LogP contribution in [0.4, 0.5) is 5.82 Å². The number of nitrogens with zero attached hydrogens (tertiary/aromatic N) is 5. The standard InChI is InChI=1S/C25H26N6O3/c1-30-19-8-21(9-20(30)14-33-13-19)34-23-12-27-17(11-26)7-22(23)16-4-5-31-18(6-16)10-24(29-31)28-25(32)15-2-3-15/h4-7,10,12,15,19-21H,2-3,8-9,13-14H2,1H3,(H,28,29,32). The monoisotopic (exact) mass is 458 g/mol. The minimum atomic E-state index is 0.0282. The van der Waals surface area contributed by atoms with Crippen molar-refractivity contribution in [1.82, 2.24) is 19.5 Å². The lowest BCUT2D eigenvalue weighted by atomic mass is 9.92. The first-order valence-corrected chi connectivity index (χ1v) is 11.7. The highest BCUT2D eigenvalue weighted by molar-refractivity contribution is 5.93. The van der Waals surface area contributed by atoms with Crippen molar-refractivity contribution in [3.63, 3.8) is 0 Å². The number of carbonyl (C=O) groups excluding carboxylic acids is 1. The largest absolute Gasteiger partial charge is 0.488 e. The molecule has 0 radical (unpaired) electrons. The predicted octanol–water partition coefficient (Wildman–Crippen LogP) is 2.86. The molecule has 2 aliphatic heterocycles. The number of nitrogens with one attached hydrogen (secondary N) is 1. The average Bonchev–Trinajstić information content (AvgIpc) is 3.60. The smallest absolute Gasteiger partial charge is 0.228 e. The molecule has 1 N–H and O–H groups in total. The first-order valence-electron chi connectivity index (χ1n) is 11.7. The Balaban J connectivity index is 1.29. The molecule has 9 nitrogen and oxygen atoms in total. The van der Waals surface area contributed by atoms with Crippen molar-refractivity contribution in [2.24, 2.45) is 5.92 Å². The second kappa shape index (κ2) is 8.38. The van der Waals surface area contributed by atoms with Gasteiger partial charge in [0.05, 0.1) is 24.9 Å². The Kier molecular flexibility index (Phi) is 5.20. The number of ether oxygens (including phenoxy) is 2. The van der Waals surface area contributed by atoms with Gasteiger partial charge in [-0.25, -0.2) is 9.50 Å². The van der Waals surface area contributed by atoms with Gasteiger partial charge in [-0.15, -0.1) is 0 Å². The van der Waals surface area contributed by atoms with Crippen LogP contribution in [0.25, 0.3) is 16.6 Å². The summed E-state index contributed by atoms with van der Waals surface area (Å²) in [7, 11) is 2.16. The lowest BCUT2D eigenvalue weighted by Gasteiger charge is -2.46. The van der Waals surface area contributed by atoms with Crippen LogP contribution in [0.1, 0.15) is 31.4 Å². The second-order valence-corrected chi connectivity index (χ2v) is 9.48. The molecule has 9 heteroatoms. The van der Waals surface area contributed by atoms with Crippen molar-refractivity contribution in [2.75, 3.05) is 25.6 Å². The van der Waals surface area contributed by atoms with E-state index in [1.165, 1.54) is 0 Å². The van der Waals surface area contributed by atoms with Gasteiger partial charge >= 0.3 is 0 Å². The van der Waals surface area contributed by atoms with E-state index in [1.807, 2.05) is 24.4 Å². The number of fused-ring (bicyclic) bond motifs is 3. The Morgan fingerprint density at radius 1 is 1.24 bits per heavy atom. The molecule has 2 unspecified atom stereocenters. The molecule has 1 saturated carbocycles. The van der Waals surface area contributed by atoms with Crippen molar-refractivity contribution < 1.29 is 14.3 Å². The van der Waals surface area contributed by atoms with Gasteiger partial charge in [-0.05, 0) is 43.7 Å². The molecule has 3 fully saturated rings. The molecule has 3 aromatic rings. The molecule has 34 heavy (non-hydrogen) atoms. The summed E-state index contributed by atoms with van der Waals surface area (Å²) in [5.74, 6) is 1.35. The topological polar surface area (TPSA) is 105 Å². The van der Waals surface area contributed by atoms with Gasteiger partial charge in [0.1, 0.15) is 23.6 Å². The fourth-order valence-corrected chi connectivity index (χ4v) is 4.94. The second-order valence-electron chi connectivity index (χ2n) is 9.48. The van der Waals surface area contributed by atoms with Crippen molar-refractivity contribution in [3.05, 3.63) is 42.4 Å². The van der Waals surface area contributed by atoms with Crippen molar-refractivity contribution >= 4 is 17.2 Å². The van der Waals surface area contributed by atoms with E-state index >= 15 is 0 Å². The summed E-state index contributed by atoms with van der Waals surface area (Å²) in [6.45, 7) is 1.45. The molecule has 5 heterocycles. The summed E-state index contributed by atoms with van der Waals surface area (Å²) >= 11 is 0. The predicted molar refractivity (Wildman–Crippen MR) is 124 cm³/mol. The third-order valence-corrected chi connectivity index (χ3v) is 7.09. The third kappa shape index (κ3) is 4.00. The summed E-state index contributed by atoms with van der Waals surface area (Å²) < 4.78 is 14.0. The van der Waals surface area contributed by atoms with Gasteiger partial charge in [0.15, 0.2) is 5.82 Å².